The van der Waals surface area contributed by atoms with E-state index in [-0.39, 0.29) is 5.91 Å². The van der Waals surface area contributed by atoms with Crippen LogP contribution in [0.1, 0.15) is 31.8 Å². The summed E-state index contributed by atoms with van der Waals surface area (Å²) in [5, 5.41) is 12.7. The molecule has 6 nitrogen and oxygen atoms in total. The number of ether oxygens (including phenoxy) is 1. The predicted octanol–water partition coefficient (Wildman–Crippen LogP) is 4.30. The molecule has 7 heteroatoms. The highest BCUT2D eigenvalue weighted by molar-refractivity contribution is 9.10. The molecule has 0 bridgehead atoms. The van der Waals surface area contributed by atoms with E-state index in [0.717, 1.165) is 0 Å². The molecule has 3 aromatic rings. The lowest BCUT2D eigenvalue weighted by molar-refractivity contribution is 0.0733. The Morgan fingerprint density at radius 1 is 1.00 bits per heavy atom. The summed E-state index contributed by atoms with van der Waals surface area (Å²) < 4.78 is 6.01. The fourth-order valence-electron chi connectivity index (χ4n) is 2.34. The lowest BCUT2D eigenvalue weighted by Crippen LogP contribution is -2.17. The van der Waals surface area contributed by atoms with Crippen LogP contribution in [0.5, 0.6) is 5.75 Å². The fraction of sp³-hybridized carbons (Fsp3) is 0. The molecule has 0 spiro atoms. The van der Waals surface area contributed by atoms with E-state index in [1.165, 1.54) is 6.21 Å². The first-order valence-electron chi connectivity index (χ1n) is 8.47. The van der Waals surface area contributed by atoms with Crippen molar-refractivity contribution >= 4 is 34.0 Å². The van der Waals surface area contributed by atoms with Gasteiger partial charge in [-0.25, -0.2) is 10.2 Å². The third-order valence-electron chi connectivity index (χ3n) is 3.84. The van der Waals surface area contributed by atoms with Crippen LogP contribution in [-0.4, -0.2) is 18.1 Å². The second-order valence-corrected chi connectivity index (χ2v) is 6.68. The standard InChI is InChI=1S/C22H14BrN3O3/c23-20-4-2-1-3-19(20)22(28)29-18-11-7-16(8-12-18)14-25-26-21(27)17-9-5-15(13-24)6-10-17/h1-12,14H,(H,26,27). The number of carbonyl (C=O) groups is 2. The number of rotatable bonds is 5. The molecule has 0 fully saturated rings. The number of benzene rings is 3. The summed E-state index contributed by atoms with van der Waals surface area (Å²) in [7, 11) is 0. The Bertz CT molecular complexity index is 1100. The molecule has 0 aliphatic rings. The Labute approximate surface area is 175 Å². The maximum Gasteiger partial charge on any atom is 0.344 e. The van der Waals surface area contributed by atoms with Crippen LogP contribution in [0.15, 0.2) is 82.4 Å². The van der Waals surface area contributed by atoms with Crippen molar-refractivity contribution in [2.75, 3.05) is 0 Å². The van der Waals surface area contributed by atoms with Crippen molar-refractivity contribution in [2.24, 2.45) is 5.10 Å². The second-order valence-electron chi connectivity index (χ2n) is 5.83. The Hall–Kier alpha value is -3.76. The Kier molecular flexibility index (Phi) is 6.51. The topological polar surface area (TPSA) is 91.6 Å². The van der Waals surface area contributed by atoms with Crippen LogP contribution in [0.25, 0.3) is 0 Å². The number of nitrogens with zero attached hydrogens (tertiary/aromatic N) is 2. The van der Waals surface area contributed by atoms with Crippen LogP contribution in [0.2, 0.25) is 0 Å². The highest BCUT2D eigenvalue weighted by Crippen LogP contribution is 2.19. The summed E-state index contributed by atoms with van der Waals surface area (Å²) in [5.74, 6) is -0.456. The number of nitriles is 1. The first-order valence-corrected chi connectivity index (χ1v) is 9.26. The van der Waals surface area contributed by atoms with Crippen LogP contribution < -0.4 is 10.2 Å². The maximum atomic E-state index is 12.2. The predicted molar refractivity (Wildman–Crippen MR) is 112 cm³/mol. The highest BCUT2D eigenvalue weighted by Gasteiger charge is 2.11. The zero-order chi connectivity index (χ0) is 20.6. The summed E-state index contributed by atoms with van der Waals surface area (Å²) >= 11 is 3.32. The lowest BCUT2D eigenvalue weighted by atomic mass is 10.1. The van der Waals surface area contributed by atoms with Gasteiger partial charge < -0.3 is 4.74 Å². The molecule has 1 N–H and O–H groups in total. The molecule has 0 saturated carbocycles. The van der Waals surface area contributed by atoms with E-state index < -0.39 is 5.97 Å². The maximum absolute atomic E-state index is 12.2. The molecule has 0 aliphatic heterocycles. The van der Waals surface area contributed by atoms with Gasteiger partial charge >= 0.3 is 5.97 Å². The number of carbonyl (C=O) groups excluding carboxylic acids is 2. The van der Waals surface area contributed by atoms with Crippen LogP contribution >= 0.6 is 15.9 Å². The molecule has 1 amide bonds. The monoisotopic (exact) mass is 447 g/mol. The molecular formula is C22H14BrN3O3. The van der Waals surface area contributed by atoms with Crippen LogP contribution in [-0.2, 0) is 0 Å². The van der Waals surface area contributed by atoms with Crippen molar-refractivity contribution in [3.63, 3.8) is 0 Å². The van der Waals surface area contributed by atoms with Gasteiger partial charge in [-0.2, -0.15) is 10.4 Å². The molecule has 0 aromatic heterocycles. The number of hydrogen-bond donors (Lipinski definition) is 1. The van der Waals surface area contributed by atoms with Gasteiger partial charge in [0, 0.05) is 10.0 Å². The Morgan fingerprint density at radius 2 is 1.69 bits per heavy atom. The van der Waals surface area contributed by atoms with Gasteiger partial charge in [-0.3, -0.25) is 4.79 Å². The minimum absolute atomic E-state index is 0.385. The summed E-state index contributed by atoms with van der Waals surface area (Å²) in [5.41, 5.74) is 4.44. The molecule has 0 atom stereocenters. The zero-order valence-corrected chi connectivity index (χ0v) is 16.6. The van der Waals surface area contributed by atoms with Gasteiger partial charge in [-0.1, -0.05) is 12.1 Å². The van der Waals surface area contributed by atoms with E-state index in [1.54, 1.807) is 66.7 Å². The number of hydrazone groups is 1. The van der Waals surface area contributed by atoms with Gasteiger partial charge in [0.1, 0.15) is 5.75 Å². The highest BCUT2D eigenvalue weighted by atomic mass is 79.9. The average molecular weight is 448 g/mol. The molecule has 0 aliphatic carbocycles. The normalized spacial score (nSPS) is 10.3. The zero-order valence-electron chi connectivity index (χ0n) is 15.0. The number of nitrogens with one attached hydrogen (secondary N) is 1. The fourth-order valence-corrected chi connectivity index (χ4v) is 2.78. The quantitative estimate of drug-likeness (QED) is 0.273. The third-order valence-corrected chi connectivity index (χ3v) is 4.53. The van der Waals surface area contributed by atoms with Gasteiger partial charge in [0.2, 0.25) is 0 Å². The van der Waals surface area contributed by atoms with Crippen molar-refractivity contribution in [3.05, 3.63) is 99.5 Å². The second kappa shape index (κ2) is 9.44. The first kappa shape index (κ1) is 20.0. The van der Waals surface area contributed by atoms with Crippen molar-refractivity contribution in [2.45, 2.75) is 0 Å². The van der Waals surface area contributed by atoms with Crippen molar-refractivity contribution < 1.29 is 14.3 Å². The van der Waals surface area contributed by atoms with E-state index in [1.807, 2.05) is 12.1 Å². The Morgan fingerprint density at radius 3 is 2.34 bits per heavy atom. The molecule has 3 aromatic carbocycles. The molecule has 29 heavy (non-hydrogen) atoms. The van der Waals surface area contributed by atoms with E-state index in [4.69, 9.17) is 10.00 Å². The number of esters is 1. The van der Waals surface area contributed by atoms with Crippen molar-refractivity contribution in [1.29, 1.82) is 5.26 Å². The lowest BCUT2D eigenvalue weighted by Gasteiger charge is -2.06. The van der Waals surface area contributed by atoms with Gasteiger partial charge in [0.25, 0.3) is 5.91 Å². The molecular weight excluding hydrogens is 434 g/mol. The van der Waals surface area contributed by atoms with Gasteiger partial charge in [0.05, 0.1) is 23.4 Å². The van der Waals surface area contributed by atoms with Gasteiger partial charge in [0.15, 0.2) is 0 Å². The smallest absolute Gasteiger partial charge is 0.344 e. The summed E-state index contributed by atoms with van der Waals surface area (Å²) in [6, 6.07) is 21.9. The average Bonchev–Trinajstić information content (AvgIpc) is 2.75. The van der Waals surface area contributed by atoms with Crippen LogP contribution in [0.4, 0.5) is 0 Å². The Balaban J connectivity index is 1.57. The molecule has 0 unspecified atom stereocenters. The van der Waals surface area contributed by atoms with Gasteiger partial charge in [-0.15, -0.1) is 0 Å². The molecule has 3 rings (SSSR count). The molecule has 0 heterocycles. The van der Waals surface area contributed by atoms with Crippen molar-refractivity contribution in [3.8, 4) is 11.8 Å². The first-order chi connectivity index (χ1) is 14.1. The summed E-state index contributed by atoms with van der Waals surface area (Å²) in [6.45, 7) is 0. The molecule has 0 saturated heterocycles. The number of halogens is 1. The number of amides is 1. The van der Waals surface area contributed by atoms with Gasteiger partial charge in [-0.05, 0) is 82.2 Å². The minimum atomic E-state index is -0.464. The number of hydrogen-bond acceptors (Lipinski definition) is 5. The van der Waals surface area contributed by atoms with E-state index >= 15 is 0 Å². The van der Waals surface area contributed by atoms with E-state index in [0.29, 0.717) is 32.5 Å². The van der Waals surface area contributed by atoms with E-state index in [9.17, 15) is 9.59 Å². The summed E-state index contributed by atoms with van der Waals surface area (Å²) in [4.78, 5) is 24.2. The van der Waals surface area contributed by atoms with E-state index in [2.05, 4.69) is 26.5 Å². The SMILES string of the molecule is N#Cc1ccc(C(=O)NN=Cc2ccc(OC(=O)c3ccccc3Br)cc2)cc1. The third kappa shape index (κ3) is 5.37. The molecule has 142 valence electrons. The van der Waals surface area contributed by atoms with Crippen LogP contribution in [0, 0.1) is 11.3 Å². The van der Waals surface area contributed by atoms with Crippen LogP contribution in [0.3, 0.4) is 0 Å². The minimum Gasteiger partial charge on any atom is -0.423 e. The van der Waals surface area contributed by atoms with Crippen molar-refractivity contribution in [1.82, 2.24) is 5.43 Å². The summed E-state index contributed by atoms with van der Waals surface area (Å²) in [6.07, 6.45) is 1.47. The molecule has 0 radical (unpaired) electrons. The largest absolute Gasteiger partial charge is 0.423 e.